The van der Waals surface area contributed by atoms with Gasteiger partial charge in [0.2, 0.25) is 0 Å². The van der Waals surface area contributed by atoms with Crippen LogP contribution in [0.5, 0.6) is 0 Å². The van der Waals surface area contributed by atoms with Gasteiger partial charge in [0, 0.05) is 5.82 Å². The van der Waals surface area contributed by atoms with E-state index in [1.54, 1.807) is 6.07 Å². The Bertz CT molecular complexity index is 966. The van der Waals surface area contributed by atoms with E-state index >= 15 is 0 Å². The third kappa shape index (κ3) is 8.12. The molecule has 1 aliphatic rings. The Morgan fingerprint density at radius 2 is 1.24 bits per heavy atom. The molecule has 0 radical (unpaired) electrons. The molecule has 0 aliphatic carbocycles. The fourth-order valence-electron chi connectivity index (χ4n) is 3.98. The largest absolute Gasteiger partial charge is 0.102 e. The Morgan fingerprint density at radius 3 is 1.62 bits per heavy atom. The molecule has 4 aromatic rings. The maximum Gasteiger partial charge on any atom is 0.102 e. The molecule has 34 heavy (non-hydrogen) atoms. The molecule has 0 N–H and O–H groups in total. The van der Waals surface area contributed by atoms with Crippen LogP contribution in [0.4, 0.5) is 4.39 Å². The van der Waals surface area contributed by atoms with Gasteiger partial charge in [-0.05, 0) is 36.4 Å². The summed E-state index contributed by atoms with van der Waals surface area (Å²) < 4.78 is 12.6. The smallest absolute Gasteiger partial charge is 0.0620 e. The van der Waals surface area contributed by atoms with E-state index < -0.39 is 7.92 Å². The van der Waals surface area contributed by atoms with Gasteiger partial charge < -0.3 is 5.32 Å². The van der Waals surface area contributed by atoms with Crippen LogP contribution in [0.1, 0.15) is 30.9 Å². The third-order valence-electron chi connectivity index (χ3n) is 5.58. The monoisotopic (exact) mass is 668 g/mol. The summed E-state index contributed by atoms with van der Waals surface area (Å²) in [5, 5.41) is 8.78. The first kappa shape index (κ1) is 26.7. The summed E-state index contributed by atoms with van der Waals surface area (Å²) in [6, 6.07) is 40.4. The van der Waals surface area contributed by atoms with E-state index in [0.717, 1.165) is 18.5 Å². The van der Waals surface area contributed by atoms with Crippen LogP contribution in [0.2, 0.25) is 0 Å². The Morgan fingerprint density at radius 1 is 0.735 bits per heavy atom. The van der Waals surface area contributed by atoms with Crippen molar-refractivity contribution in [1.82, 2.24) is 0 Å². The molecule has 1 unspecified atom stereocenters. The molecule has 4 aromatic carbocycles. The molecule has 1 atom stereocenters. The summed E-state index contributed by atoms with van der Waals surface area (Å²) >= 11 is 1.47. The van der Waals surface area contributed by atoms with Gasteiger partial charge in [-0.15, -0.1) is 24.7 Å². The van der Waals surface area contributed by atoms with Crippen LogP contribution < -0.4 is 15.9 Å². The Labute approximate surface area is 218 Å². The van der Waals surface area contributed by atoms with Gasteiger partial charge in [0.05, 0.1) is 7.92 Å². The molecule has 0 bridgehead atoms. The normalized spacial score (nSPS) is 14.9. The van der Waals surface area contributed by atoms with Crippen molar-refractivity contribution in [3.05, 3.63) is 132 Å². The molecule has 5 heteroatoms. The van der Waals surface area contributed by atoms with Crippen molar-refractivity contribution >= 4 is 33.4 Å². The van der Waals surface area contributed by atoms with Crippen molar-refractivity contribution in [3.63, 3.8) is 0 Å². The second kappa shape index (κ2) is 15.2. The SMILES string of the molecule is Fc1c[c-]c(C2CCCC[N-]2)cc1.[Cl][Ir+2].c1ccc([PH+](c2ccccc2)c2ccccc2)cc1. The zero-order valence-corrected chi connectivity index (χ0v) is 23.0. The minimum Gasteiger partial charge on any atom is -0.0620 e. The second-order valence-electron chi connectivity index (χ2n) is 7.85. The van der Waals surface area contributed by atoms with Gasteiger partial charge in [0.15, 0.2) is 0 Å². The molecule has 0 saturated carbocycles. The van der Waals surface area contributed by atoms with Gasteiger partial charge in [-0.25, -0.2) is 0 Å². The fourth-order valence-corrected chi connectivity index (χ4v) is 6.56. The summed E-state index contributed by atoms with van der Waals surface area (Å²) in [4.78, 5) is 0. The van der Waals surface area contributed by atoms with Gasteiger partial charge in [-0.3, -0.25) is 4.39 Å². The number of hydrogen-bond acceptors (Lipinski definition) is 0. The molecule has 1 nitrogen and oxygen atoms in total. The van der Waals surface area contributed by atoms with E-state index in [2.05, 4.69) is 112 Å². The average Bonchev–Trinajstić information content (AvgIpc) is 2.93. The summed E-state index contributed by atoms with van der Waals surface area (Å²) in [7, 11) is 3.76. The number of nitrogens with zero attached hydrogens (tertiary/aromatic N) is 1. The number of rotatable bonds is 4. The number of hydrogen-bond donors (Lipinski definition) is 0. The van der Waals surface area contributed by atoms with Gasteiger partial charge in [-0.1, -0.05) is 73.9 Å². The van der Waals surface area contributed by atoms with Crippen LogP contribution in [-0.4, -0.2) is 6.54 Å². The van der Waals surface area contributed by atoms with Crippen molar-refractivity contribution < 1.29 is 22.3 Å². The molecule has 1 fully saturated rings. The Hall–Kier alpha value is -1.86. The molecular formula is C29H28ClFIrNP+. The van der Waals surface area contributed by atoms with Crippen molar-refractivity contribution in [2.75, 3.05) is 6.54 Å². The molecule has 0 aromatic heterocycles. The molecule has 176 valence electrons. The van der Waals surface area contributed by atoms with E-state index in [4.69, 9.17) is 0 Å². The van der Waals surface area contributed by atoms with E-state index in [0.29, 0.717) is 0 Å². The van der Waals surface area contributed by atoms with Crippen LogP contribution in [0.15, 0.2) is 109 Å². The van der Waals surface area contributed by atoms with E-state index in [1.165, 1.54) is 58.8 Å². The summed E-state index contributed by atoms with van der Waals surface area (Å²) in [5.74, 6) is -0.223. The minimum absolute atomic E-state index is 0.223. The number of piperidine rings is 1. The van der Waals surface area contributed by atoms with E-state index in [1.807, 2.05) is 0 Å². The van der Waals surface area contributed by atoms with Gasteiger partial charge in [0.1, 0.15) is 15.9 Å². The molecular weight excluding hydrogens is 640 g/mol. The van der Waals surface area contributed by atoms with Crippen LogP contribution in [0.3, 0.4) is 0 Å². The number of halogens is 2. The zero-order valence-electron chi connectivity index (χ0n) is 18.8. The third-order valence-corrected chi connectivity index (χ3v) is 8.31. The minimum atomic E-state index is -0.877. The van der Waals surface area contributed by atoms with Crippen LogP contribution >= 0.6 is 17.5 Å². The first-order valence-corrected chi connectivity index (χ1v) is 15.8. The first-order chi connectivity index (χ1) is 16.8. The van der Waals surface area contributed by atoms with Gasteiger partial charge in [-0.2, -0.15) is 17.7 Å². The summed E-state index contributed by atoms with van der Waals surface area (Å²) in [5.41, 5.74) is 1.03. The zero-order chi connectivity index (χ0) is 24.0. The van der Waals surface area contributed by atoms with Crippen molar-refractivity contribution in [2.45, 2.75) is 25.3 Å². The summed E-state index contributed by atoms with van der Waals surface area (Å²) in [6.45, 7) is 0.940. The van der Waals surface area contributed by atoms with Crippen molar-refractivity contribution in [2.24, 2.45) is 0 Å². The maximum absolute atomic E-state index is 12.6. The predicted molar refractivity (Wildman–Crippen MR) is 142 cm³/mol. The first-order valence-electron chi connectivity index (χ1n) is 11.3. The fraction of sp³-hybridized carbons (Fsp3) is 0.172. The van der Waals surface area contributed by atoms with Crippen molar-refractivity contribution in [1.29, 1.82) is 0 Å². The molecule has 1 heterocycles. The molecule has 1 aliphatic heterocycles. The van der Waals surface area contributed by atoms with E-state index in [-0.39, 0.29) is 11.9 Å². The summed E-state index contributed by atoms with van der Waals surface area (Å²) in [6.07, 6.45) is 3.50. The molecule has 5 rings (SSSR count). The molecule has 0 amide bonds. The molecule has 1 saturated heterocycles. The Balaban J connectivity index is 0.000000189. The Kier molecular flexibility index (Phi) is 12.0. The van der Waals surface area contributed by atoms with E-state index in [9.17, 15) is 4.39 Å². The standard InChI is InChI=1S/C18H15P.C11H12FN.ClH.Ir/c1-4-10-16(11-5-1)19(17-12-6-2-7-13-17)18-14-8-3-9-15-18;12-10-6-4-9(5-7-10)11-3-1-2-8-13-11;;/h1-15H;4,6-7,11H,1-3,8H2;1H;/q;-2;;+3. The van der Waals surface area contributed by atoms with Gasteiger partial charge in [0.25, 0.3) is 0 Å². The second-order valence-corrected chi connectivity index (χ2v) is 10.3. The van der Waals surface area contributed by atoms with Crippen LogP contribution in [0, 0.1) is 11.9 Å². The number of benzene rings is 4. The van der Waals surface area contributed by atoms with Crippen molar-refractivity contribution in [3.8, 4) is 0 Å². The predicted octanol–water partition coefficient (Wildman–Crippen LogP) is 7.09. The van der Waals surface area contributed by atoms with Gasteiger partial charge >= 0.3 is 27.5 Å². The topological polar surface area (TPSA) is 14.1 Å². The van der Waals surface area contributed by atoms with Crippen LogP contribution in [0.25, 0.3) is 5.32 Å². The quantitative estimate of drug-likeness (QED) is 0.163. The van der Waals surface area contributed by atoms with Crippen LogP contribution in [-0.2, 0) is 17.9 Å². The molecule has 0 spiro atoms. The maximum atomic E-state index is 12.6. The average molecular weight is 668 g/mol.